The zero-order valence-corrected chi connectivity index (χ0v) is 19.2. The Hall–Kier alpha value is -2.85. The molecule has 3 aromatic rings. The number of hydrogen-bond donors (Lipinski definition) is 2. The third-order valence-electron chi connectivity index (χ3n) is 6.07. The average molecular weight is 415 g/mol. The number of nitrogens with one attached hydrogen (secondary N) is 1. The predicted octanol–water partition coefficient (Wildman–Crippen LogP) is 5.52. The number of anilines is 2. The number of pyridine rings is 1. The fraction of sp³-hybridized carbons (Fsp3) is 0.370. The summed E-state index contributed by atoms with van der Waals surface area (Å²) < 4.78 is 0. The molecule has 1 fully saturated rings. The van der Waals surface area contributed by atoms with Gasteiger partial charge in [0.1, 0.15) is 0 Å². The van der Waals surface area contributed by atoms with Crippen LogP contribution >= 0.6 is 0 Å². The Morgan fingerprint density at radius 3 is 2.06 bits per heavy atom. The highest BCUT2D eigenvalue weighted by atomic mass is 15.2. The standard InChI is InChI=1S/C27H34N4/c1-18-9-19(2)12-22(11-18)15-30-26-17-29-16-25(23-13-20(3)10-21(4)14-23)27(26)31-7-5-24(28)6-8-31/h9-14,16-17,24,30H,5-8,15,28H2,1-4H3. The first-order valence-electron chi connectivity index (χ1n) is 11.3. The molecular formula is C27H34N4. The van der Waals surface area contributed by atoms with Crippen molar-refractivity contribution in [3.05, 3.63) is 76.6 Å². The van der Waals surface area contributed by atoms with Crippen LogP contribution in [0.3, 0.4) is 0 Å². The number of aryl methyl sites for hydroxylation is 4. The minimum atomic E-state index is 0.300. The molecule has 0 spiro atoms. The van der Waals surface area contributed by atoms with Crippen molar-refractivity contribution in [2.24, 2.45) is 5.73 Å². The maximum atomic E-state index is 6.21. The van der Waals surface area contributed by atoms with Crippen molar-refractivity contribution < 1.29 is 0 Å². The summed E-state index contributed by atoms with van der Waals surface area (Å²) in [6, 6.07) is 13.8. The fourth-order valence-electron chi connectivity index (χ4n) is 4.76. The minimum absolute atomic E-state index is 0.300. The quantitative estimate of drug-likeness (QED) is 0.577. The van der Waals surface area contributed by atoms with E-state index in [1.165, 1.54) is 44.6 Å². The Balaban J connectivity index is 1.73. The van der Waals surface area contributed by atoms with Gasteiger partial charge in [-0.3, -0.25) is 4.98 Å². The Bertz CT molecular complexity index is 1020. The molecule has 31 heavy (non-hydrogen) atoms. The molecule has 0 radical (unpaired) electrons. The van der Waals surface area contributed by atoms with Gasteiger partial charge in [-0.05, 0) is 51.7 Å². The average Bonchev–Trinajstić information content (AvgIpc) is 2.71. The molecule has 0 amide bonds. The first-order chi connectivity index (χ1) is 14.9. The van der Waals surface area contributed by atoms with E-state index in [1.807, 2.05) is 12.4 Å². The van der Waals surface area contributed by atoms with Gasteiger partial charge in [0.15, 0.2) is 0 Å². The molecular weight excluding hydrogens is 380 g/mol. The fourth-order valence-corrected chi connectivity index (χ4v) is 4.76. The molecule has 2 heterocycles. The number of rotatable bonds is 5. The SMILES string of the molecule is Cc1cc(C)cc(CNc2cncc(-c3cc(C)cc(C)c3)c2N2CCC(N)CC2)c1. The van der Waals surface area contributed by atoms with Crippen molar-refractivity contribution in [2.45, 2.75) is 53.1 Å². The van der Waals surface area contributed by atoms with Crippen LogP contribution in [-0.2, 0) is 6.54 Å². The third kappa shape index (κ3) is 5.08. The lowest BCUT2D eigenvalue weighted by Gasteiger charge is -2.35. The van der Waals surface area contributed by atoms with Crippen LogP contribution in [0.2, 0.25) is 0 Å². The highest BCUT2D eigenvalue weighted by molar-refractivity contribution is 5.87. The summed E-state index contributed by atoms with van der Waals surface area (Å²) in [5.74, 6) is 0. The minimum Gasteiger partial charge on any atom is -0.378 e. The van der Waals surface area contributed by atoms with E-state index in [4.69, 9.17) is 5.73 Å². The Labute approximate surface area is 186 Å². The zero-order valence-electron chi connectivity index (χ0n) is 19.2. The first-order valence-corrected chi connectivity index (χ1v) is 11.3. The number of nitrogens with two attached hydrogens (primary N) is 1. The molecule has 3 N–H and O–H groups in total. The molecule has 1 saturated heterocycles. The van der Waals surface area contributed by atoms with Crippen LogP contribution in [0.1, 0.15) is 40.7 Å². The monoisotopic (exact) mass is 414 g/mol. The molecule has 0 saturated carbocycles. The maximum Gasteiger partial charge on any atom is 0.0773 e. The molecule has 4 heteroatoms. The number of nitrogens with zero attached hydrogens (tertiary/aromatic N) is 2. The molecule has 4 rings (SSSR count). The van der Waals surface area contributed by atoms with Gasteiger partial charge in [0.25, 0.3) is 0 Å². The smallest absolute Gasteiger partial charge is 0.0773 e. The van der Waals surface area contributed by atoms with Crippen molar-refractivity contribution in [3.8, 4) is 11.1 Å². The van der Waals surface area contributed by atoms with Crippen molar-refractivity contribution in [1.82, 2.24) is 4.98 Å². The molecule has 0 aliphatic carbocycles. The van der Waals surface area contributed by atoms with Crippen LogP contribution in [-0.4, -0.2) is 24.1 Å². The summed E-state index contributed by atoms with van der Waals surface area (Å²) in [7, 11) is 0. The van der Waals surface area contributed by atoms with Crippen LogP contribution in [0.5, 0.6) is 0 Å². The van der Waals surface area contributed by atoms with Crippen LogP contribution in [0.4, 0.5) is 11.4 Å². The molecule has 0 bridgehead atoms. The summed E-state index contributed by atoms with van der Waals surface area (Å²) in [5.41, 5.74) is 17.4. The van der Waals surface area contributed by atoms with Crippen LogP contribution < -0.4 is 16.0 Å². The van der Waals surface area contributed by atoms with Crippen molar-refractivity contribution >= 4 is 11.4 Å². The van der Waals surface area contributed by atoms with E-state index in [0.717, 1.165) is 38.2 Å². The summed E-state index contributed by atoms with van der Waals surface area (Å²) >= 11 is 0. The van der Waals surface area contributed by atoms with Crippen molar-refractivity contribution in [1.29, 1.82) is 0 Å². The lowest BCUT2D eigenvalue weighted by Crippen LogP contribution is -2.40. The van der Waals surface area contributed by atoms with Gasteiger partial charge < -0.3 is 16.0 Å². The molecule has 4 nitrogen and oxygen atoms in total. The molecule has 1 aromatic heterocycles. The van der Waals surface area contributed by atoms with Gasteiger partial charge in [-0.2, -0.15) is 0 Å². The summed E-state index contributed by atoms with van der Waals surface area (Å²) in [6.45, 7) is 11.4. The Kier molecular flexibility index (Phi) is 6.28. The molecule has 1 aliphatic rings. The largest absolute Gasteiger partial charge is 0.378 e. The lowest BCUT2D eigenvalue weighted by atomic mass is 9.98. The summed E-state index contributed by atoms with van der Waals surface area (Å²) in [5, 5.41) is 3.70. The number of aromatic nitrogens is 1. The van der Waals surface area contributed by atoms with Crippen LogP contribution in [0, 0.1) is 27.7 Å². The van der Waals surface area contributed by atoms with E-state index in [9.17, 15) is 0 Å². The zero-order chi connectivity index (χ0) is 22.0. The van der Waals surface area contributed by atoms with Gasteiger partial charge in [-0.15, -0.1) is 0 Å². The van der Waals surface area contributed by atoms with Crippen molar-refractivity contribution in [2.75, 3.05) is 23.3 Å². The van der Waals surface area contributed by atoms with Gasteiger partial charge in [-0.1, -0.05) is 58.7 Å². The van der Waals surface area contributed by atoms with Gasteiger partial charge in [-0.25, -0.2) is 0 Å². The molecule has 2 aromatic carbocycles. The van der Waals surface area contributed by atoms with Crippen LogP contribution in [0.15, 0.2) is 48.8 Å². The summed E-state index contributed by atoms with van der Waals surface area (Å²) in [6.07, 6.45) is 6.02. The second kappa shape index (κ2) is 9.11. The first kappa shape index (κ1) is 21.4. The van der Waals surface area contributed by atoms with Gasteiger partial charge in [0.05, 0.1) is 17.6 Å². The Morgan fingerprint density at radius 2 is 1.45 bits per heavy atom. The van der Waals surface area contributed by atoms with E-state index >= 15 is 0 Å². The molecule has 1 aliphatic heterocycles. The third-order valence-corrected chi connectivity index (χ3v) is 6.07. The van der Waals surface area contributed by atoms with E-state index in [2.05, 4.69) is 79.3 Å². The van der Waals surface area contributed by atoms with E-state index < -0.39 is 0 Å². The molecule has 0 atom stereocenters. The highest BCUT2D eigenvalue weighted by Gasteiger charge is 2.22. The van der Waals surface area contributed by atoms with Gasteiger partial charge in [0, 0.05) is 37.4 Å². The molecule has 162 valence electrons. The second-order valence-electron chi connectivity index (χ2n) is 9.13. The van der Waals surface area contributed by atoms with E-state index in [1.54, 1.807) is 0 Å². The van der Waals surface area contributed by atoms with Gasteiger partial charge in [0.2, 0.25) is 0 Å². The second-order valence-corrected chi connectivity index (χ2v) is 9.13. The Morgan fingerprint density at radius 1 is 0.871 bits per heavy atom. The van der Waals surface area contributed by atoms with E-state index in [-0.39, 0.29) is 0 Å². The maximum absolute atomic E-state index is 6.21. The van der Waals surface area contributed by atoms with E-state index in [0.29, 0.717) is 6.04 Å². The van der Waals surface area contributed by atoms with Gasteiger partial charge >= 0.3 is 0 Å². The number of piperidine rings is 1. The normalized spacial score (nSPS) is 14.7. The molecule has 0 unspecified atom stereocenters. The topological polar surface area (TPSA) is 54.2 Å². The number of benzene rings is 2. The van der Waals surface area contributed by atoms with Crippen molar-refractivity contribution in [3.63, 3.8) is 0 Å². The highest BCUT2D eigenvalue weighted by Crippen LogP contribution is 2.38. The number of hydrogen-bond acceptors (Lipinski definition) is 4. The predicted molar refractivity (Wildman–Crippen MR) is 132 cm³/mol. The lowest BCUT2D eigenvalue weighted by molar-refractivity contribution is 0.501. The van der Waals surface area contributed by atoms with Crippen LogP contribution in [0.25, 0.3) is 11.1 Å². The summed E-state index contributed by atoms with van der Waals surface area (Å²) in [4.78, 5) is 7.11.